The van der Waals surface area contributed by atoms with E-state index >= 15 is 0 Å². The Morgan fingerprint density at radius 2 is 1.42 bits per heavy atom. The Labute approximate surface area is 109 Å². The highest BCUT2D eigenvalue weighted by Gasteiger charge is 2.11. The Balaban J connectivity index is 4.91. The zero-order valence-corrected chi connectivity index (χ0v) is 10.4. The van der Waals surface area contributed by atoms with Gasteiger partial charge in [-0.25, -0.2) is 4.79 Å². The molecular formula is C12H14O7. The molecule has 0 rings (SSSR count). The van der Waals surface area contributed by atoms with Crippen molar-refractivity contribution in [2.45, 2.75) is 13.8 Å². The number of aliphatic hydroxyl groups is 3. The quantitative estimate of drug-likeness (QED) is 0.285. The summed E-state index contributed by atoms with van der Waals surface area (Å²) in [5.41, 5.74) is 0. The minimum atomic E-state index is -1.09. The molecule has 0 radical (unpaired) electrons. The van der Waals surface area contributed by atoms with Gasteiger partial charge in [0.15, 0.2) is 23.1 Å². The molecule has 0 aliphatic rings. The molecule has 0 fully saturated rings. The van der Waals surface area contributed by atoms with Gasteiger partial charge >= 0.3 is 5.97 Å². The van der Waals surface area contributed by atoms with Crippen LogP contribution < -0.4 is 0 Å². The van der Waals surface area contributed by atoms with Crippen molar-refractivity contribution in [1.82, 2.24) is 0 Å². The van der Waals surface area contributed by atoms with Crippen molar-refractivity contribution in [3.63, 3.8) is 0 Å². The summed E-state index contributed by atoms with van der Waals surface area (Å²) in [5.74, 6) is -5.20. The van der Waals surface area contributed by atoms with Gasteiger partial charge in [0.25, 0.3) is 0 Å². The van der Waals surface area contributed by atoms with Crippen LogP contribution in [0, 0.1) is 0 Å². The van der Waals surface area contributed by atoms with Crippen LogP contribution in [0.25, 0.3) is 0 Å². The maximum atomic E-state index is 11.3. The highest BCUT2D eigenvalue weighted by molar-refractivity contribution is 6.04. The van der Waals surface area contributed by atoms with Gasteiger partial charge < -0.3 is 20.1 Å². The molecule has 0 saturated carbocycles. The van der Waals surface area contributed by atoms with E-state index in [0.29, 0.717) is 18.2 Å². The standard InChI is InChI=1S/C12H14O7/c1-3-19-12(18)11(17)6-8(14)5-10(16)9(15)4-7(2)13/h4-6,15-17H,3H2,1-2H3/b9-4-,10-5+,11-6-. The van der Waals surface area contributed by atoms with Gasteiger partial charge in [-0.1, -0.05) is 0 Å². The second-order valence-electron chi connectivity index (χ2n) is 3.32. The number of aliphatic hydroxyl groups excluding tert-OH is 3. The lowest BCUT2D eigenvalue weighted by atomic mass is 10.2. The Morgan fingerprint density at radius 3 is 1.89 bits per heavy atom. The maximum absolute atomic E-state index is 11.3. The van der Waals surface area contributed by atoms with Crippen LogP contribution in [0.5, 0.6) is 0 Å². The molecule has 0 aromatic heterocycles. The zero-order valence-electron chi connectivity index (χ0n) is 10.4. The van der Waals surface area contributed by atoms with E-state index in [1.54, 1.807) is 0 Å². The fourth-order valence-electron chi connectivity index (χ4n) is 0.916. The number of carbonyl (C=O) groups excluding carboxylic acids is 3. The van der Waals surface area contributed by atoms with Crippen molar-refractivity contribution < 1.29 is 34.4 Å². The maximum Gasteiger partial charge on any atom is 0.373 e. The molecule has 0 spiro atoms. The van der Waals surface area contributed by atoms with Crippen molar-refractivity contribution in [3.05, 3.63) is 35.5 Å². The number of ketones is 2. The predicted molar refractivity (Wildman–Crippen MR) is 64.5 cm³/mol. The monoisotopic (exact) mass is 270 g/mol. The number of hydrogen-bond acceptors (Lipinski definition) is 7. The number of esters is 1. The summed E-state index contributed by atoms with van der Waals surface area (Å²) in [7, 11) is 0. The number of rotatable bonds is 6. The van der Waals surface area contributed by atoms with Crippen LogP contribution >= 0.6 is 0 Å². The lowest BCUT2D eigenvalue weighted by molar-refractivity contribution is -0.141. The van der Waals surface area contributed by atoms with E-state index in [0.717, 1.165) is 6.92 Å². The molecule has 19 heavy (non-hydrogen) atoms. The summed E-state index contributed by atoms with van der Waals surface area (Å²) in [4.78, 5) is 32.8. The van der Waals surface area contributed by atoms with E-state index in [1.807, 2.05) is 0 Å². The molecule has 0 aliphatic carbocycles. The first-order valence-electron chi connectivity index (χ1n) is 5.22. The molecular weight excluding hydrogens is 256 g/mol. The van der Waals surface area contributed by atoms with Crippen LogP contribution in [0.3, 0.4) is 0 Å². The van der Waals surface area contributed by atoms with Gasteiger partial charge in [0.05, 0.1) is 6.61 Å². The fourth-order valence-corrected chi connectivity index (χ4v) is 0.916. The van der Waals surface area contributed by atoms with Gasteiger partial charge in [0.2, 0.25) is 5.76 Å². The van der Waals surface area contributed by atoms with Crippen molar-refractivity contribution in [2.24, 2.45) is 0 Å². The van der Waals surface area contributed by atoms with Crippen molar-refractivity contribution >= 4 is 17.5 Å². The molecule has 0 amide bonds. The molecule has 0 unspecified atom stereocenters. The van der Waals surface area contributed by atoms with Crippen molar-refractivity contribution in [1.29, 1.82) is 0 Å². The molecule has 0 saturated heterocycles. The van der Waals surface area contributed by atoms with Crippen molar-refractivity contribution in [3.8, 4) is 0 Å². The van der Waals surface area contributed by atoms with Gasteiger partial charge in [0.1, 0.15) is 0 Å². The second kappa shape index (κ2) is 7.70. The summed E-state index contributed by atoms with van der Waals surface area (Å²) in [6.45, 7) is 2.68. The summed E-state index contributed by atoms with van der Waals surface area (Å²) < 4.78 is 4.41. The highest BCUT2D eigenvalue weighted by Crippen LogP contribution is 2.04. The van der Waals surface area contributed by atoms with Gasteiger partial charge in [-0.2, -0.15) is 0 Å². The summed E-state index contributed by atoms with van der Waals surface area (Å²) >= 11 is 0. The smallest absolute Gasteiger partial charge is 0.373 e. The molecule has 0 aromatic rings. The molecule has 0 aliphatic heterocycles. The molecule has 7 nitrogen and oxygen atoms in total. The van der Waals surface area contributed by atoms with E-state index in [9.17, 15) is 19.5 Å². The molecule has 3 N–H and O–H groups in total. The highest BCUT2D eigenvalue weighted by atomic mass is 16.5. The third-order valence-electron chi connectivity index (χ3n) is 1.64. The Bertz CT molecular complexity index is 468. The first-order chi connectivity index (χ1) is 8.77. The van der Waals surface area contributed by atoms with Gasteiger partial charge in [-0.05, 0) is 13.8 Å². The van der Waals surface area contributed by atoms with Crippen LogP contribution in [0.15, 0.2) is 35.5 Å². The zero-order chi connectivity index (χ0) is 15.0. The van der Waals surface area contributed by atoms with E-state index < -0.39 is 34.8 Å². The summed E-state index contributed by atoms with van der Waals surface area (Å²) in [5, 5.41) is 27.5. The van der Waals surface area contributed by atoms with E-state index in [1.165, 1.54) is 6.92 Å². The van der Waals surface area contributed by atoms with E-state index in [2.05, 4.69) is 4.74 Å². The number of hydrogen-bond donors (Lipinski definition) is 3. The first kappa shape index (κ1) is 16.4. The lowest BCUT2D eigenvalue weighted by Crippen LogP contribution is -2.08. The second-order valence-corrected chi connectivity index (χ2v) is 3.32. The van der Waals surface area contributed by atoms with Crippen LogP contribution in [-0.2, 0) is 19.1 Å². The molecule has 0 heterocycles. The van der Waals surface area contributed by atoms with Gasteiger partial charge in [-0.15, -0.1) is 0 Å². The Hall–Kier alpha value is -2.57. The molecule has 104 valence electrons. The average Bonchev–Trinajstić information content (AvgIpc) is 2.27. The molecule has 0 aromatic carbocycles. The van der Waals surface area contributed by atoms with E-state index in [-0.39, 0.29) is 6.61 Å². The number of ether oxygens (including phenoxy) is 1. The van der Waals surface area contributed by atoms with Gasteiger partial charge in [0, 0.05) is 18.2 Å². The number of carbonyl (C=O) groups is 3. The first-order valence-corrected chi connectivity index (χ1v) is 5.22. The van der Waals surface area contributed by atoms with Crippen molar-refractivity contribution in [2.75, 3.05) is 6.61 Å². The largest absolute Gasteiger partial charge is 0.504 e. The van der Waals surface area contributed by atoms with Crippen LogP contribution in [0.1, 0.15) is 13.8 Å². The van der Waals surface area contributed by atoms with Crippen LogP contribution in [0.4, 0.5) is 0 Å². The summed E-state index contributed by atoms with van der Waals surface area (Å²) in [6, 6.07) is 0. The van der Waals surface area contributed by atoms with Crippen LogP contribution in [0.2, 0.25) is 0 Å². The van der Waals surface area contributed by atoms with Crippen LogP contribution in [-0.4, -0.2) is 39.5 Å². The minimum Gasteiger partial charge on any atom is -0.504 e. The molecule has 0 atom stereocenters. The Morgan fingerprint density at radius 1 is 0.947 bits per heavy atom. The number of allylic oxidation sites excluding steroid dienone is 3. The topological polar surface area (TPSA) is 121 Å². The molecule has 0 bridgehead atoms. The third kappa shape index (κ3) is 6.67. The average molecular weight is 270 g/mol. The SMILES string of the molecule is CCOC(=O)/C(O)=C/C(=O)/C=C(O)\C(O)=C\C(C)=O. The minimum absolute atomic E-state index is 0.0220. The van der Waals surface area contributed by atoms with E-state index in [4.69, 9.17) is 10.2 Å². The predicted octanol–water partition coefficient (Wildman–Crippen LogP) is 1.03. The lowest BCUT2D eigenvalue weighted by Gasteiger charge is -1.99. The Kier molecular flexibility index (Phi) is 6.66. The third-order valence-corrected chi connectivity index (χ3v) is 1.64. The normalized spacial score (nSPS) is 13.1. The van der Waals surface area contributed by atoms with Gasteiger partial charge in [-0.3, -0.25) is 9.59 Å². The molecule has 7 heteroatoms. The summed E-state index contributed by atoms with van der Waals surface area (Å²) in [6.07, 6.45) is 1.74. The fraction of sp³-hybridized carbons (Fsp3) is 0.250.